The average molecular weight is 265 g/mol. The van der Waals surface area contributed by atoms with E-state index in [-0.39, 0.29) is 5.56 Å². The third-order valence-electron chi connectivity index (χ3n) is 3.89. The Hall–Kier alpha value is -2.09. The lowest BCUT2D eigenvalue weighted by Crippen LogP contribution is -2.07. The standard InChI is InChI=1S/C18H19NO/c1-2-3-4-8-13-9-7-12-16-17(13)14-10-5-6-11-15(14)18(20)19-16/h5-7,9-12H,2-4,8H2,1H3,(H,19,20). The van der Waals surface area contributed by atoms with E-state index in [0.717, 1.165) is 22.7 Å². The van der Waals surface area contributed by atoms with Crippen molar-refractivity contribution < 1.29 is 0 Å². The number of aryl methyl sites for hydroxylation is 1. The van der Waals surface area contributed by atoms with Crippen LogP contribution in [-0.4, -0.2) is 4.98 Å². The van der Waals surface area contributed by atoms with E-state index < -0.39 is 0 Å². The number of aromatic nitrogens is 1. The van der Waals surface area contributed by atoms with Crippen LogP contribution < -0.4 is 5.56 Å². The summed E-state index contributed by atoms with van der Waals surface area (Å²) in [6, 6.07) is 14.1. The summed E-state index contributed by atoms with van der Waals surface area (Å²) in [5, 5.41) is 3.06. The van der Waals surface area contributed by atoms with Crippen molar-refractivity contribution in [2.45, 2.75) is 32.6 Å². The molecule has 3 aromatic rings. The molecule has 0 atom stereocenters. The number of benzene rings is 2. The number of rotatable bonds is 4. The first kappa shape index (κ1) is 12.9. The smallest absolute Gasteiger partial charge is 0.256 e. The number of hydrogen-bond donors (Lipinski definition) is 1. The largest absolute Gasteiger partial charge is 0.321 e. The highest BCUT2D eigenvalue weighted by atomic mass is 16.1. The van der Waals surface area contributed by atoms with Crippen LogP contribution in [0.4, 0.5) is 0 Å². The lowest BCUT2D eigenvalue weighted by atomic mass is 9.98. The van der Waals surface area contributed by atoms with Crippen LogP contribution in [-0.2, 0) is 6.42 Å². The van der Waals surface area contributed by atoms with Crippen LogP contribution in [0.5, 0.6) is 0 Å². The second-order valence-electron chi connectivity index (χ2n) is 5.30. The quantitative estimate of drug-likeness (QED) is 0.550. The fraction of sp³-hybridized carbons (Fsp3) is 0.278. The lowest BCUT2D eigenvalue weighted by molar-refractivity contribution is 0.720. The van der Waals surface area contributed by atoms with Crippen LogP contribution in [0.3, 0.4) is 0 Å². The van der Waals surface area contributed by atoms with Crippen LogP contribution >= 0.6 is 0 Å². The van der Waals surface area contributed by atoms with Crippen molar-refractivity contribution in [2.24, 2.45) is 0 Å². The normalized spacial score (nSPS) is 11.2. The first-order valence-electron chi connectivity index (χ1n) is 7.34. The Morgan fingerprint density at radius 1 is 0.950 bits per heavy atom. The highest BCUT2D eigenvalue weighted by molar-refractivity contribution is 6.06. The Labute approximate surface area is 118 Å². The number of hydrogen-bond acceptors (Lipinski definition) is 1. The Kier molecular flexibility index (Phi) is 3.55. The molecule has 0 saturated carbocycles. The molecule has 1 aromatic heterocycles. The molecule has 0 radical (unpaired) electrons. The van der Waals surface area contributed by atoms with Crippen molar-refractivity contribution in [1.82, 2.24) is 4.98 Å². The van der Waals surface area contributed by atoms with Gasteiger partial charge in [-0.25, -0.2) is 0 Å². The first-order chi connectivity index (χ1) is 9.81. The van der Waals surface area contributed by atoms with Gasteiger partial charge in [0.2, 0.25) is 0 Å². The van der Waals surface area contributed by atoms with E-state index >= 15 is 0 Å². The van der Waals surface area contributed by atoms with Gasteiger partial charge in [0, 0.05) is 16.3 Å². The molecule has 0 unspecified atom stereocenters. The molecule has 0 fully saturated rings. The van der Waals surface area contributed by atoms with Crippen molar-refractivity contribution in [3.8, 4) is 0 Å². The van der Waals surface area contributed by atoms with Gasteiger partial charge in [-0.2, -0.15) is 0 Å². The van der Waals surface area contributed by atoms with Crippen molar-refractivity contribution in [1.29, 1.82) is 0 Å². The summed E-state index contributed by atoms with van der Waals surface area (Å²) >= 11 is 0. The topological polar surface area (TPSA) is 32.9 Å². The van der Waals surface area contributed by atoms with Crippen LogP contribution in [0.15, 0.2) is 47.3 Å². The van der Waals surface area contributed by atoms with E-state index in [4.69, 9.17) is 0 Å². The molecule has 0 aliphatic carbocycles. The molecule has 1 N–H and O–H groups in total. The zero-order valence-corrected chi connectivity index (χ0v) is 11.8. The average Bonchev–Trinajstić information content (AvgIpc) is 2.48. The molecule has 2 heteroatoms. The number of fused-ring (bicyclic) bond motifs is 3. The predicted octanol–water partition coefficient (Wildman–Crippen LogP) is 4.41. The molecule has 1 heterocycles. The third kappa shape index (κ3) is 2.22. The number of nitrogens with one attached hydrogen (secondary N) is 1. The van der Waals surface area contributed by atoms with Gasteiger partial charge in [-0.05, 0) is 35.9 Å². The van der Waals surface area contributed by atoms with Crippen molar-refractivity contribution in [3.05, 3.63) is 58.4 Å². The fourth-order valence-corrected chi connectivity index (χ4v) is 2.88. The van der Waals surface area contributed by atoms with E-state index in [0.29, 0.717) is 0 Å². The van der Waals surface area contributed by atoms with Crippen molar-refractivity contribution in [3.63, 3.8) is 0 Å². The zero-order chi connectivity index (χ0) is 13.9. The third-order valence-corrected chi connectivity index (χ3v) is 3.89. The molecule has 0 amide bonds. The number of pyridine rings is 1. The molecule has 2 aromatic carbocycles. The van der Waals surface area contributed by atoms with E-state index in [1.165, 1.54) is 30.2 Å². The fourth-order valence-electron chi connectivity index (χ4n) is 2.88. The Bertz CT molecular complexity index is 801. The summed E-state index contributed by atoms with van der Waals surface area (Å²) in [5.41, 5.74) is 2.28. The van der Waals surface area contributed by atoms with Gasteiger partial charge in [-0.15, -0.1) is 0 Å². The van der Waals surface area contributed by atoms with Crippen LogP contribution in [0, 0.1) is 0 Å². The van der Waals surface area contributed by atoms with Gasteiger partial charge < -0.3 is 4.98 Å². The number of aromatic amines is 1. The maximum Gasteiger partial charge on any atom is 0.256 e. The van der Waals surface area contributed by atoms with Gasteiger partial charge in [0.15, 0.2) is 0 Å². The van der Waals surface area contributed by atoms with Gasteiger partial charge >= 0.3 is 0 Å². The monoisotopic (exact) mass is 265 g/mol. The molecule has 0 aliphatic heterocycles. The molecule has 20 heavy (non-hydrogen) atoms. The molecule has 0 aliphatic rings. The van der Waals surface area contributed by atoms with Gasteiger partial charge in [-0.3, -0.25) is 4.79 Å². The lowest BCUT2D eigenvalue weighted by Gasteiger charge is -2.09. The van der Waals surface area contributed by atoms with Gasteiger partial charge in [0.05, 0.1) is 0 Å². The molecule has 102 valence electrons. The minimum Gasteiger partial charge on any atom is -0.321 e. The number of unbranched alkanes of at least 4 members (excludes halogenated alkanes) is 2. The summed E-state index contributed by atoms with van der Waals surface area (Å²) in [4.78, 5) is 15.1. The van der Waals surface area contributed by atoms with Crippen molar-refractivity contribution >= 4 is 21.7 Å². The number of H-pyrrole nitrogens is 1. The van der Waals surface area contributed by atoms with Crippen LogP contribution in [0.2, 0.25) is 0 Å². The molecular weight excluding hydrogens is 246 g/mol. The first-order valence-corrected chi connectivity index (χ1v) is 7.34. The SMILES string of the molecule is CCCCCc1cccc2[nH]c(=O)c3ccccc3c12. The minimum absolute atomic E-state index is 0.00110. The zero-order valence-electron chi connectivity index (χ0n) is 11.8. The molecule has 0 bridgehead atoms. The maximum absolute atomic E-state index is 12.1. The van der Waals surface area contributed by atoms with E-state index in [9.17, 15) is 4.79 Å². The van der Waals surface area contributed by atoms with Gasteiger partial charge in [0.1, 0.15) is 0 Å². The van der Waals surface area contributed by atoms with Crippen LogP contribution in [0.1, 0.15) is 31.7 Å². The second kappa shape index (κ2) is 5.49. The summed E-state index contributed by atoms with van der Waals surface area (Å²) in [6.45, 7) is 2.22. The molecule has 0 spiro atoms. The van der Waals surface area contributed by atoms with Gasteiger partial charge in [0.25, 0.3) is 5.56 Å². The highest BCUT2D eigenvalue weighted by Crippen LogP contribution is 2.25. The van der Waals surface area contributed by atoms with E-state index in [2.05, 4.69) is 24.0 Å². The second-order valence-corrected chi connectivity index (χ2v) is 5.30. The van der Waals surface area contributed by atoms with Crippen LogP contribution in [0.25, 0.3) is 21.7 Å². The highest BCUT2D eigenvalue weighted by Gasteiger charge is 2.08. The molecular formula is C18H19NO. The van der Waals surface area contributed by atoms with E-state index in [1.54, 1.807) is 0 Å². The Balaban J connectivity index is 2.26. The van der Waals surface area contributed by atoms with Crippen molar-refractivity contribution in [2.75, 3.05) is 0 Å². The van der Waals surface area contributed by atoms with E-state index in [1.807, 2.05) is 30.3 Å². The molecule has 0 saturated heterocycles. The Morgan fingerprint density at radius 3 is 2.55 bits per heavy atom. The summed E-state index contributed by atoms with van der Waals surface area (Å²) < 4.78 is 0. The molecule has 3 rings (SSSR count). The maximum atomic E-state index is 12.1. The summed E-state index contributed by atoms with van der Waals surface area (Å²) in [6.07, 6.45) is 4.74. The minimum atomic E-state index is -0.00110. The summed E-state index contributed by atoms with van der Waals surface area (Å²) in [7, 11) is 0. The van der Waals surface area contributed by atoms with Gasteiger partial charge in [-0.1, -0.05) is 50.1 Å². The summed E-state index contributed by atoms with van der Waals surface area (Å²) in [5.74, 6) is 0. The molecule has 2 nitrogen and oxygen atoms in total. The predicted molar refractivity (Wildman–Crippen MR) is 85.3 cm³/mol. The Morgan fingerprint density at radius 2 is 1.75 bits per heavy atom.